The maximum atomic E-state index is 12.2. The summed E-state index contributed by atoms with van der Waals surface area (Å²) in [6.45, 7) is 4.66. The van der Waals surface area contributed by atoms with Gasteiger partial charge in [-0.25, -0.2) is 0 Å². The van der Waals surface area contributed by atoms with Gasteiger partial charge in [0.2, 0.25) is 5.91 Å². The molecule has 2 aromatic rings. The average molecular weight is 328 g/mol. The van der Waals surface area contributed by atoms with Crippen LogP contribution in [-0.2, 0) is 4.79 Å². The van der Waals surface area contributed by atoms with Crippen LogP contribution in [0.15, 0.2) is 48.5 Å². The van der Waals surface area contributed by atoms with Crippen molar-refractivity contribution in [1.82, 2.24) is 5.32 Å². The molecule has 2 N–H and O–H groups in total. The van der Waals surface area contributed by atoms with Crippen molar-refractivity contribution in [2.24, 2.45) is 0 Å². The van der Waals surface area contributed by atoms with E-state index in [1.807, 2.05) is 62.4 Å². The minimum atomic E-state index is -0.121. The molecule has 0 aromatic heterocycles. The van der Waals surface area contributed by atoms with Gasteiger partial charge >= 0.3 is 0 Å². The molecule has 0 saturated carbocycles. The predicted octanol–water partition coefficient (Wildman–Crippen LogP) is 3.38. The molecule has 5 nitrogen and oxygen atoms in total. The number of amides is 1. The van der Waals surface area contributed by atoms with Gasteiger partial charge in [-0.15, -0.1) is 0 Å². The third-order valence-corrected chi connectivity index (χ3v) is 3.64. The molecule has 0 fully saturated rings. The summed E-state index contributed by atoms with van der Waals surface area (Å²) in [4.78, 5) is 12.2. The summed E-state index contributed by atoms with van der Waals surface area (Å²) in [5, 5.41) is 6.09. The average Bonchev–Trinajstić information content (AvgIpc) is 2.61. The molecule has 0 spiro atoms. The van der Waals surface area contributed by atoms with E-state index in [-0.39, 0.29) is 18.5 Å². The Hall–Kier alpha value is -2.53. The third kappa shape index (κ3) is 4.73. The van der Waals surface area contributed by atoms with Crippen LogP contribution in [-0.4, -0.2) is 26.2 Å². The van der Waals surface area contributed by atoms with Gasteiger partial charge in [0.05, 0.1) is 25.9 Å². The summed E-state index contributed by atoms with van der Waals surface area (Å²) in [5.41, 5.74) is 1.69. The smallest absolute Gasteiger partial charge is 0.238 e. The van der Waals surface area contributed by atoms with E-state index in [9.17, 15) is 4.79 Å². The molecule has 0 bridgehead atoms. The monoisotopic (exact) mass is 328 g/mol. The fraction of sp³-hybridized carbons (Fsp3) is 0.316. The second-order valence-electron chi connectivity index (χ2n) is 5.32. The number of rotatable bonds is 8. The van der Waals surface area contributed by atoms with Crippen LogP contribution >= 0.6 is 0 Å². The number of benzene rings is 2. The van der Waals surface area contributed by atoms with Crippen LogP contribution in [0.1, 0.15) is 25.5 Å². The highest BCUT2D eigenvalue weighted by Crippen LogP contribution is 2.25. The van der Waals surface area contributed by atoms with E-state index < -0.39 is 0 Å². The fourth-order valence-corrected chi connectivity index (χ4v) is 2.43. The Morgan fingerprint density at radius 3 is 2.46 bits per heavy atom. The Kier molecular flexibility index (Phi) is 6.63. The van der Waals surface area contributed by atoms with Crippen molar-refractivity contribution >= 4 is 11.6 Å². The Balaban J connectivity index is 1.94. The summed E-state index contributed by atoms with van der Waals surface area (Å²) < 4.78 is 10.9. The lowest BCUT2D eigenvalue weighted by molar-refractivity contribution is -0.115. The van der Waals surface area contributed by atoms with Crippen LogP contribution in [0.4, 0.5) is 5.69 Å². The number of anilines is 1. The summed E-state index contributed by atoms with van der Waals surface area (Å²) in [5.74, 6) is 1.36. The maximum absolute atomic E-state index is 12.2. The molecule has 0 radical (unpaired) electrons. The Labute approximate surface area is 143 Å². The topological polar surface area (TPSA) is 59.6 Å². The fourth-order valence-electron chi connectivity index (χ4n) is 2.43. The molecular formula is C19H24N2O3. The SMILES string of the molecule is CCOc1ccccc1NC(=O)CN[C@H](C)c1ccccc1OC. The number of nitrogens with one attached hydrogen (secondary N) is 2. The van der Waals surface area contributed by atoms with Crippen molar-refractivity contribution < 1.29 is 14.3 Å². The molecule has 5 heteroatoms. The highest BCUT2D eigenvalue weighted by atomic mass is 16.5. The zero-order chi connectivity index (χ0) is 17.4. The number of ether oxygens (including phenoxy) is 2. The van der Waals surface area contributed by atoms with Gasteiger partial charge in [0.15, 0.2) is 0 Å². The first-order valence-electron chi connectivity index (χ1n) is 8.03. The molecule has 0 saturated heterocycles. The van der Waals surface area contributed by atoms with Gasteiger partial charge in [-0.3, -0.25) is 4.79 Å². The minimum absolute atomic E-state index is 0.00552. The second kappa shape index (κ2) is 8.93. The number of para-hydroxylation sites is 3. The van der Waals surface area contributed by atoms with Crippen LogP contribution in [0.25, 0.3) is 0 Å². The molecule has 0 heterocycles. The first-order chi connectivity index (χ1) is 11.7. The van der Waals surface area contributed by atoms with Crippen molar-refractivity contribution in [2.75, 3.05) is 25.6 Å². The summed E-state index contributed by atoms with van der Waals surface area (Å²) >= 11 is 0. The number of carbonyl (C=O) groups is 1. The molecule has 1 amide bonds. The molecule has 24 heavy (non-hydrogen) atoms. The molecule has 2 aromatic carbocycles. The number of hydrogen-bond acceptors (Lipinski definition) is 4. The molecule has 0 aliphatic heterocycles. The second-order valence-corrected chi connectivity index (χ2v) is 5.32. The highest BCUT2D eigenvalue weighted by molar-refractivity contribution is 5.93. The number of hydrogen-bond donors (Lipinski definition) is 2. The van der Waals surface area contributed by atoms with Gasteiger partial charge in [-0.1, -0.05) is 30.3 Å². The molecule has 0 aliphatic carbocycles. The summed E-state index contributed by atoms with van der Waals surface area (Å²) in [7, 11) is 1.64. The van der Waals surface area contributed by atoms with Crippen LogP contribution in [0.3, 0.4) is 0 Å². The van der Waals surface area contributed by atoms with Crippen LogP contribution in [0.2, 0.25) is 0 Å². The van der Waals surface area contributed by atoms with E-state index in [4.69, 9.17) is 9.47 Å². The summed E-state index contributed by atoms with van der Waals surface area (Å²) in [6.07, 6.45) is 0. The predicted molar refractivity (Wildman–Crippen MR) is 95.7 cm³/mol. The van der Waals surface area contributed by atoms with E-state index >= 15 is 0 Å². The highest BCUT2D eigenvalue weighted by Gasteiger charge is 2.13. The first-order valence-corrected chi connectivity index (χ1v) is 8.03. The lowest BCUT2D eigenvalue weighted by Crippen LogP contribution is -2.30. The van der Waals surface area contributed by atoms with E-state index in [1.165, 1.54) is 0 Å². The van der Waals surface area contributed by atoms with Gasteiger partial charge in [0.1, 0.15) is 11.5 Å². The number of methoxy groups -OCH3 is 1. The van der Waals surface area contributed by atoms with Gasteiger partial charge < -0.3 is 20.1 Å². The quantitative estimate of drug-likeness (QED) is 0.780. The van der Waals surface area contributed by atoms with Crippen molar-refractivity contribution in [2.45, 2.75) is 19.9 Å². The van der Waals surface area contributed by atoms with Crippen LogP contribution in [0, 0.1) is 0 Å². The van der Waals surface area contributed by atoms with Gasteiger partial charge in [-0.05, 0) is 32.0 Å². The van der Waals surface area contributed by atoms with E-state index in [0.717, 1.165) is 11.3 Å². The molecule has 0 unspecified atom stereocenters. The minimum Gasteiger partial charge on any atom is -0.496 e. The van der Waals surface area contributed by atoms with E-state index in [1.54, 1.807) is 7.11 Å². The van der Waals surface area contributed by atoms with Gasteiger partial charge in [-0.2, -0.15) is 0 Å². The zero-order valence-corrected chi connectivity index (χ0v) is 14.3. The molecule has 1 atom stereocenters. The standard InChI is InChI=1S/C19H24N2O3/c1-4-24-18-12-8-6-10-16(18)21-19(22)13-20-14(2)15-9-5-7-11-17(15)23-3/h5-12,14,20H,4,13H2,1-3H3,(H,21,22)/t14-/m1/s1. The number of carbonyl (C=O) groups excluding carboxylic acids is 1. The molecule has 0 aliphatic rings. The Bertz CT molecular complexity index is 673. The van der Waals surface area contributed by atoms with Crippen LogP contribution < -0.4 is 20.1 Å². The van der Waals surface area contributed by atoms with Crippen molar-refractivity contribution in [3.05, 3.63) is 54.1 Å². The molecule has 2 rings (SSSR count). The first kappa shape index (κ1) is 17.8. The van der Waals surface area contributed by atoms with Crippen molar-refractivity contribution in [3.8, 4) is 11.5 Å². The normalized spacial score (nSPS) is 11.6. The molecule has 128 valence electrons. The van der Waals surface area contributed by atoms with Crippen molar-refractivity contribution in [1.29, 1.82) is 0 Å². The van der Waals surface area contributed by atoms with Gasteiger partial charge in [0.25, 0.3) is 0 Å². The van der Waals surface area contributed by atoms with Crippen molar-refractivity contribution in [3.63, 3.8) is 0 Å². The lowest BCUT2D eigenvalue weighted by atomic mass is 10.1. The third-order valence-electron chi connectivity index (χ3n) is 3.64. The largest absolute Gasteiger partial charge is 0.496 e. The molecular weight excluding hydrogens is 304 g/mol. The van der Waals surface area contributed by atoms with Gasteiger partial charge in [0, 0.05) is 11.6 Å². The summed E-state index contributed by atoms with van der Waals surface area (Å²) in [6, 6.07) is 15.2. The zero-order valence-electron chi connectivity index (χ0n) is 14.3. The van der Waals surface area contributed by atoms with Crippen LogP contribution in [0.5, 0.6) is 11.5 Å². The Morgan fingerprint density at radius 2 is 1.75 bits per heavy atom. The Morgan fingerprint density at radius 1 is 1.08 bits per heavy atom. The van der Waals surface area contributed by atoms with E-state index in [0.29, 0.717) is 18.0 Å². The van der Waals surface area contributed by atoms with E-state index in [2.05, 4.69) is 10.6 Å². The maximum Gasteiger partial charge on any atom is 0.238 e. The lowest BCUT2D eigenvalue weighted by Gasteiger charge is -2.17.